The first kappa shape index (κ1) is 31.6. The number of carboxylic acids is 1. The Hall–Kier alpha value is -0.564. The van der Waals surface area contributed by atoms with Crippen LogP contribution in [0.2, 0.25) is 0.515 Å². The Morgan fingerprint density at radius 3 is 1.73 bits per heavy atom. The van der Waals surface area contributed by atoms with Gasteiger partial charge in [0.15, 0.2) is 0 Å². The zero-order valence-corrected chi connectivity index (χ0v) is 22.2. The predicted molar refractivity (Wildman–Crippen MR) is 113 cm³/mol. The van der Waals surface area contributed by atoms with E-state index >= 15 is 0 Å². The molecule has 0 aliphatic heterocycles. The SMILES string of the molecule is CC([CH2][K])S(=O)(=O)O.CC=CC(=O)OCC(CCCC)(COC(=O)C=CC)C(=O)O. The van der Waals surface area contributed by atoms with Gasteiger partial charge in [-0.2, -0.15) is 0 Å². The van der Waals surface area contributed by atoms with Gasteiger partial charge in [-0.25, -0.2) is 9.59 Å². The first-order chi connectivity index (χ1) is 13.9. The first-order valence-electron chi connectivity index (χ1n) is 9.68. The Kier molecular flexibility index (Phi) is 18.0. The number of esters is 2. The van der Waals surface area contributed by atoms with Crippen molar-refractivity contribution in [3.63, 3.8) is 0 Å². The molecule has 0 aromatic heterocycles. The number of ether oxygens (including phenoxy) is 2. The van der Waals surface area contributed by atoms with Crippen molar-refractivity contribution in [3.8, 4) is 0 Å². The molecular formula is C19H31KO9S. The molecule has 30 heavy (non-hydrogen) atoms. The molecule has 0 fully saturated rings. The second-order valence-corrected chi connectivity index (χ2v) is 9.75. The van der Waals surface area contributed by atoms with Gasteiger partial charge < -0.3 is 14.6 Å². The summed E-state index contributed by atoms with van der Waals surface area (Å²) in [5.74, 6) is -2.39. The molecule has 2 N–H and O–H groups in total. The first-order valence-corrected chi connectivity index (χ1v) is 13.4. The summed E-state index contributed by atoms with van der Waals surface area (Å²) in [7, 11) is -3.71. The Balaban J connectivity index is 0. The van der Waals surface area contributed by atoms with Crippen LogP contribution in [-0.4, -0.2) is 103 Å². The van der Waals surface area contributed by atoms with Gasteiger partial charge in [0.2, 0.25) is 0 Å². The van der Waals surface area contributed by atoms with Gasteiger partial charge in [0, 0.05) is 12.2 Å². The van der Waals surface area contributed by atoms with Crippen LogP contribution in [0.3, 0.4) is 0 Å². The maximum atomic E-state index is 11.6. The molecule has 0 bridgehead atoms. The third-order valence-electron chi connectivity index (χ3n) is 4.13. The van der Waals surface area contributed by atoms with E-state index in [1.807, 2.05) is 6.92 Å². The summed E-state index contributed by atoms with van der Waals surface area (Å²) >= 11 is 0.502. The van der Waals surface area contributed by atoms with Crippen LogP contribution in [0.4, 0.5) is 0 Å². The molecule has 0 aromatic rings. The van der Waals surface area contributed by atoms with E-state index in [0.29, 0.717) is 55.9 Å². The second-order valence-electron chi connectivity index (χ2n) is 6.64. The van der Waals surface area contributed by atoms with Crippen molar-refractivity contribution in [2.75, 3.05) is 13.2 Å². The number of carboxylic acid groups (broad SMARTS) is 1. The van der Waals surface area contributed by atoms with E-state index in [9.17, 15) is 27.9 Å². The van der Waals surface area contributed by atoms with Crippen LogP contribution in [-0.2, 0) is 34.0 Å². The molecule has 0 rings (SSSR count). The van der Waals surface area contributed by atoms with E-state index < -0.39 is 38.7 Å². The van der Waals surface area contributed by atoms with E-state index in [1.165, 1.54) is 31.2 Å². The van der Waals surface area contributed by atoms with Gasteiger partial charge in [-0.15, -0.1) is 0 Å². The molecule has 0 aliphatic carbocycles. The van der Waals surface area contributed by atoms with Gasteiger partial charge >= 0.3 is 103 Å². The number of carbonyl (C=O) groups is 3. The van der Waals surface area contributed by atoms with Crippen molar-refractivity contribution in [1.82, 2.24) is 0 Å². The zero-order valence-electron chi connectivity index (χ0n) is 18.3. The van der Waals surface area contributed by atoms with Crippen molar-refractivity contribution >= 4 is 77.0 Å². The predicted octanol–water partition coefficient (Wildman–Crippen LogP) is 2.34. The maximum Gasteiger partial charge on any atom is 0.330 e. The number of rotatable bonds is 12. The molecule has 0 aromatic carbocycles. The molecule has 1 unspecified atom stereocenters. The van der Waals surface area contributed by atoms with Crippen molar-refractivity contribution in [3.05, 3.63) is 24.3 Å². The summed E-state index contributed by atoms with van der Waals surface area (Å²) in [6.07, 6.45) is 7.07. The molecule has 0 saturated heterocycles. The summed E-state index contributed by atoms with van der Waals surface area (Å²) in [5, 5.41) is 8.98. The third-order valence-corrected chi connectivity index (χ3v) is 8.32. The van der Waals surface area contributed by atoms with Crippen LogP contribution in [0.5, 0.6) is 0 Å². The Morgan fingerprint density at radius 1 is 1.07 bits per heavy atom. The van der Waals surface area contributed by atoms with Gasteiger partial charge in [0.1, 0.15) is 18.6 Å². The van der Waals surface area contributed by atoms with Crippen LogP contribution in [0.25, 0.3) is 0 Å². The molecule has 11 heteroatoms. The molecular weight excluding hydrogens is 443 g/mol. The van der Waals surface area contributed by atoms with Crippen molar-refractivity contribution in [2.45, 2.75) is 52.7 Å². The summed E-state index contributed by atoms with van der Waals surface area (Å²) in [5.41, 5.74) is -1.43. The van der Waals surface area contributed by atoms with E-state index in [4.69, 9.17) is 14.0 Å². The second kappa shape index (κ2) is 17.0. The Bertz CT molecular complexity index is 671. The fourth-order valence-corrected chi connectivity index (χ4v) is 4.32. The van der Waals surface area contributed by atoms with E-state index in [2.05, 4.69) is 0 Å². The average Bonchev–Trinajstić information content (AvgIpc) is 2.67. The van der Waals surface area contributed by atoms with Crippen LogP contribution in [0.1, 0.15) is 47.0 Å². The monoisotopic (exact) mass is 474 g/mol. The topological polar surface area (TPSA) is 144 Å². The van der Waals surface area contributed by atoms with Crippen LogP contribution < -0.4 is 0 Å². The number of hydrogen-bond acceptors (Lipinski definition) is 7. The fraction of sp³-hybridized carbons (Fsp3) is 0.632. The molecule has 0 spiro atoms. The summed E-state index contributed by atoms with van der Waals surface area (Å²) in [4.78, 5) is 34.5. The quantitative estimate of drug-likeness (QED) is 0.188. The number of hydrogen-bond donors (Lipinski definition) is 2. The summed E-state index contributed by atoms with van der Waals surface area (Å²) in [6.45, 7) is 6.07. The van der Waals surface area contributed by atoms with Gasteiger partial charge in [-0.3, -0.25) is 4.79 Å². The van der Waals surface area contributed by atoms with Crippen LogP contribution >= 0.6 is 0 Å². The molecule has 1 atom stereocenters. The third kappa shape index (κ3) is 14.4. The van der Waals surface area contributed by atoms with Gasteiger partial charge in [-0.1, -0.05) is 31.9 Å². The Morgan fingerprint density at radius 2 is 1.50 bits per heavy atom. The number of allylic oxidation sites excluding steroid dienone is 2. The number of aliphatic carboxylic acids is 1. The largest absolute Gasteiger partial charge is 0.481 e. The minimum atomic E-state index is -3.71. The standard InChI is InChI=1S/C16H24O6.C3H7O3S.K/c1-4-7-10-16(15(19)20,11-21-13(17)8-5-2)12-22-14(18)9-6-3;1-3(2)7(4,5)6;/h5-6,8-9H,4,7,10-12H2,1-3H3,(H,19,20);3H,1H2,2H3,(H,4,5,6);. The molecule has 9 nitrogen and oxygen atoms in total. The minimum Gasteiger partial charge on any atom is -0.481 e. The van der Waals surface area contributed by atoms with Crippen LogP contribution in [0, 0.1) is 5.41 Å². The molecule has 0 heterocycles. The molecule has 0 aliphatic rings. The van der Waals surface area contributed by atoms with Crippen molar-refractivity contribution in [1.29, 1.82) is 0 Å². The van der Waals surface area contributed by atoms with Crippen molar-refractivity contribution in [2.24, 2.45) is 5.41 Å². The Labute approximate surface area is 212 Å². The fourth-order valence-electron chi connectivity index (χ4n) is 1.93. The molecule has 0 radical (unpaired) electrons. The van der Waals surface area contributed by atoms with Gasteiger partial charge in [-0.05, 0) is 20.3 Å². The van der Waals surface area contributed by atoms with E-state index in [-0.39, 0.29) is 19.6 Å². The van der Waals surface area contributed by atoms with Crippen LogP contribution in [0.15, 0.2) is 24.3 Å². The van der Waals surface area contributed by atoms with E-state index in [1.54, 1.807) is 13.8 Å². The van der Waals surface area contributed by atoms with E-state index in [0.717, 1.165) is 6.42 Å². The number of carbonyl (C=O) groups excluding carboxylic acids is 2. The zero-order chi connectivity index (χ0) is 23.8. The molecule has 168 valence electrons. The average molecular weight is 475 g/mol. The van der Waals surface area contributed by atoms with Crippen molar-refractivity contribution < 1.29 is 41.9 Å². The summed E-state index contributed by atoms with van der Waals surface area (Å²) in [6, 6.07) is 0. The maximum absolute atomic E-state index is 11.6. The molecule has 0 saturated carbocycles. The minimum absolute atomic E-state index is 0.255. The van der Waals surface area contributed by atoms with Gasteiger partial charge in [0.05, 0.1) is 0 Å². The normalized spacial score (nSPS) is 14.5. The molecule has 0 amide bonds. The van der Waals surface area contributed by atoms with Gasteiger partial charge in [0.25, 0.3) is 0 Å². The smallest absolute Gasteiger partial charge is 0.330 e. The summed E-state index contributed by atoms with van der Waals surface area (Å²) < 4.78 is 39.2. The number of unbranched alkanes of at least 4 members (excludes halogenated alkanes) is 1.